The van der Waals surface area contributed by atoms with Crippen molar-refractivity contribution in [2.75, 3.05) is 20.2 Å². The number of methoxy groups -OCH3 is 1. The van der Waals surface area contributed by atoms with Gasteiger partial charge < -0.3 is 14.3 Å². The number of rotatable bonds is 4. The third kappa shape index (κ3) is 2.34. The maximum Gasteiger partial charge on any atom is 0.341 e. The monoisotopic (exact) mass is 343 g/mol. The average Bonchev–Trinajstić information content (AvgIpc) is 3.19. The normalized spacial score (nSPS) is 27.8. The maximum absolute atomic E-state index is 12.6. The SMILES string of the molecule is COC(=O)c1coc(S(=O)(=O)N2C[C@@H]3CCC[C@@]3(C(=O)O)C2)c1. The Morgan fingerprint density at radius 3 is 2.83 bits per heavy atom. The number of nitrogens with zero attached hydrogens (tertiary/aromatic N) is 1. The zero-order valence-corrected chi connectivity index (χ0v) is 13.3. The summed E-state index contributed by atoms with van der Waals surface area (Å²) in [5.74, 6) is -1.84. The van der Waals surface area contributed by atoms with Gasteiger partial charge in [0.25, 0.3) is 10.0 Å². The summed E-state index contributed by atoms with van der Waals surface area (Å²) in [5, 5.41) is 9.15. The highest BCUT2D eigenvalue weighted by Crippen LogP contribution is 2.50. The third-order valence-electron chi connectivity index (χ3n) is 4.86. The topological polar surface area (TPSA) is 114 Å². The minimum absolute atomic E-state index is 0.00147. The molecule has 1 saturated carbocycles. The van der Waals surface area contributed by atoms with Gasteiger partial charge in [-0.1, -0.05) is 6.42 Å². The Labute approximate surface area is 133 Å². The summed E-state index contributed by atoms with van der Waals surface area (Å²) < 4.78 is 35.9. The van der Waals surface area contributed by atoms with Crippen molar-refractivity contribution in [3.05, 3.63) is 17.9 Å². The lowest BCUT2D eigenvalue weighted by molar-refractivity contribution is -0.149. The summed E-state index contributed by atoms with van der Waals surface area (Å²) in [6.45, 7) is 0.0898. The molecule has 1 N–H and O–H groups in total. The van der Waals surface area contributed by atoms with Gasteiger partial charge in [-0.05, 0) is 18.8 Å². The number of carboxylic acid groups (broad SMARTS) is 1. The van der Waals surface area contributed by atoms with E-state index >= 15 is 0 Å². The Hall–Kier alpha value is -1.87. The third-order valence-corrected chi connectivity index (χ3v) is 6.54. The molecular formula is C14H17NO7S. The molecule has 2 atom stereocenters. The lowest BCUT2D eigenvalue weighted by Gasteiger charge is -2.22. The highest BCUT2D eigenvalue weighted by molar-refractivity contribution is 7.89. The molecule has 0 amide bonds. The fraction of sp³-hybridized carbons (Fsp3) is 0.571. The van der Waals surface area contributed by atoms with Crippen LogP contribution in [0.1, 0.15) is 29.6 Å². The van der Waals surface area contributed by atoms with Crippen LogP contribution < -0.4 is 0 Å². The van der Waals surface area contributed by atoms with Crippen molar-refractivity contribution >= 4 is 22.0 Å². The van der Waals surface area contributed by atoms with Crippen LogP contribution in [0.3, 0.4) is 0 Å². The Kier molecular flexibility index (Phi) is 3.72. The van der Waals surface area contributed by atoms with Crippen LogP contribution in [0.25, 0.3) is 0 Å². The number of carboxylic acids is 1. The number of hydrogen-bond donors (Lipinski definition) is 1. The highest BCUT2D eigenvalue weighted by atomic mass is 32.2. The Bertz CT molecular complexity index is 753. The number of aliphatic carboxylic acids is 1. The molecule has 23 heavy (non-hydrogen) atoms. The van der Waals surface area contributed by atoms with Crippen molar-refractivity contribution in [2.45, 2.75) is 24.4 Å². The van der Waals surface area contributed by atoms with Gasteiger partial charge in [0, 0.05) is 19.2 Å². The van der Waals surface area contributed by atoms with E-state index in [0.717, 1.165) is 23.1 Å². The molecule has 0 aromatic carbocycles. The molecule has 2 fully saturated rings. The number of carbonyl (C=O) groups excluding carboxylic acids is 1. The fourth-order valence-electron chi connectivity index (χ4n) is 3.58. The minimum atomic E-state index is -3.98. The molecule has 0 spiro atoms. The van der Waals surface area contributed by atoms with E-state index in [1.165, 1.54) is 7.11 Å². The number of esters is 1. The quantitative estimate of drug-likeness (QED) is 0.809. The van der Waals surface area contributed by atoms with Crippen LogP contribution in [0.2, 0.25) is 0 Å². The van der Waals surface area contributed by atoms with Gasteiger partial charge in [-0.15, -0.1) is 0 Å². The number of fused-ring (bicyclic) bond motifs is 1. The summed E-state index contributed by atoms with van der Waals surface area (Å²) >= 11 is 0. The first-order valence-corrected chi connectivity index (χ1v) is 8.65. The van der Waals surface area contributed by atoms with E-state index in [9.17, 15) is 23.1 Å². The molecule has 1 aromatic rings. The number of furan rings is 1. The summed E-state index contributed by atoms with van der Waals surface area (Å²) in [6, 6.07) is 1.10. The van der Waals surface area contributed by atoms with Crippen LogP contribution in [0, 0.1) is 11.3 Å². The Morgan fingerprint density at radius 1 is 1.48 bits per heavy atom. The fourth-order valence-corrected chi connectivity index (χ4v) is 5.06. The van der Waals surface area contributed by atoms with Crippen molar-refractivity contribution in [3.8, 4) is 0 Å². The zero-order valence-electron chi connectivity index (χ0n) is 12.5. The first kappa shape index (κ1) is 16.0. The lowest BCUT2D eigenvalue weighted by atomic mass is 9.81. The smallest absolute Gasteiger partial charge is 0.341 e. The van der Waals surface area contributed by atoms with E-state index in [4.69, 9.17) is 4.42 Å². The standard InChI is InChI=1S/C14H17NO7S/c1-21-12(16)9-5-11(22-7-9)23(19,20)15-6-10-3-2-4-14(10,8-15)13(17)18/h5,7,10H,2-4,6,8H2,1H3,(H,17,18)/t10-,14+/m0/s1. The molecule has 8 nitrogen and oxygen atoms in total. The number of ether oxygens (including phenoxy) is 1. The van der Waals surface area contributed by atoms with E-state index in [1.807, 2.05) is 0 Å². The summed E-state index contributed by atoms with van der Waals surface area (Å²) in [4.78, 5) is 23.0. The molecular weight excluding hydrogens is 326 g/mol. The van der Waals surface area contributed by atoms with E-state index in [0.29, 0.717) is 12.8 Å². The molecule has 126 valence electrons. The molecule has 1 aromatic heterocycles. The van der Waals surface area contributed by atoms with Crippen molar-refractivity contribution in [3.63, 3.8) is 0 Å². The van der Waals surface area contributed by atoms with Gasteiger partial charge in [-0.3, -0.25) is 4.79 Å². The van der Waals surface area contributed by atoms with Crippen molar-refractivity contribution in [1.82, 2.24) is 4.31 Å². The molecule has 1 aliphatic heterocycles. The van der Waals surface area contributed by atoms with Crippen molar-refractivity contribution in [2.24, 2.45) is 11.3 Å². The van der Waals surface area contributed by atoms with Gasteiger partial charge in [0.15, 0.2) is 0 Å². The van der Waals surface area contributed by atoms with Gasteiger partial charge >= 0.3 is 11.9 Å². The second kappa shape index (κ2) is 5.34. The molecule has 0 radical (unpaired) electrons. The lowest BCUT2D eigenvalue weighted by Crippen LogP contribution is -2.37. The van der Waals surface area contributed by atoms with Gasteiger partial charge in [0.1, 0.15) is 6.26 Å². The first-order valence-electron chi connectivity index (χ1n) is 7.21. The Balaban J connectivity index is 1.88. The predicted octanol–water partition coefficient (Wildman–Crippen LogP) is 0.942. The van der Waals surface area contributed by atoms with Crippen LogP contribution in [-0.4, -0.2) is 50.0 Å². The molecule has 2 aliphatic rings. The zero-order chi connectivity index (χ0) is 16.8. The van der Waals surface area contributed by atoms with Crippen LogP contribution >= 0.6 is 0 Å². The van der Waals surface area contributed by atoms with Crippen LogP contribution in [-0.2, 0) is 19.6 Å². The van der Waals surface area contributed by atoms with E-state index < -0.39 is 27.4 Å². The van der Waals surface area contributed by atoms with Gasteiger partial charge in [0.2, 0.25) is 5.09 Å². The molecule has 1 saturated heterocycles. The van der Waals surface area contributed by atoms with Gasteiger partial charge in [0.05, 0.1) is 18.1 Å². The van der Waals surface area contributed by atoms with Gasteiger partial charge in [-0.2, -0.15) is 4.31 Å². The number of carbonyl (C=O) groups is 2. The number of sulfonamides is 1. The van der Waals surface area contributed by atoms with Gasteiger partial charge in [-0.25, -0.2) is 13.2 Å². The second-order valence-electron chi connectivity index (χ2n) is 5.99. The van der Waals surface area contributed by atoms with E-state index in [2.05, 4.69) is 4.74 Å². The predicted molar refractivity (Wildman–Crippen MR) is 76.2 cm³/mol. The Morgan fingerprint density at radius 2 is 2.22 bits per heavy atom. The van der Waals surface area contributed by atoms with Crippen LogP contribution in [0.5, 0.6) is 0 Å². The average molecular weight is 343 g/mol. The van der Waals surface area contributed by atoms with E-state index in [-0.39, 0.29) is 29.7 Å². The molecule has 2 heterocycles. The van der Waals surface area contributed by atoms with Crippen molar-refractivity contribution in [1.29, 1.82) is 0 Å². The maximum atomic E-state index is 12.6. The van der Waals surface area contributed by atoms with E-state index in [1.54, 1.807) is 0 Å². The molecule has 3 rings (SSSR count). The molecule has 0 unspecified atom stereocenters. The minimum Gasteiger partial charge on any atom is -0.481 e. The van der Waals surface area contributed by atoms with Crippen molar-refractivity contribution < 1.29 is 32.3 Å². The van der Waals surface area contributed by atoms with Crippen LogP contribution in [0.15, 0.2) is 21.8 Å². The molecule has 9 heteroatoms. The number of hydrogen-bond acceptors (Lipinski definition) is 6. The molecule has 0 bridgehead atoms. The van der Waals surface area contributed by atoms with Crippen LogP contribution in [0.4, 0.5) is 0 Å². The first-order chi connectivity index (χ1) is 10.8. The summed E-state index contributed by atoms with van der Waals surface area (Å²) in [5.41, 5.74) is -1.01. The largest absolute Gasteiger partial charge is 0.481 e. The summed E-state index contributed by atoms with van der Waals surface area (Å²) in [6.07, 6.45) is 2.98. The molecule has 1 aliphatic carbocycles. The summed E-state index contributed by atoms with van der Waals surface area (Å²) in [7, 11) is -2.80. The second-order valence-corrected chi connectivity index (χ2v) is 7.86. The highest BCUT2D eigenvalue weighted by Gasteiger charge is 2.57.